The zero-order valence-corrected chi connectivity index (χ0v) is 16.9. The fourth-order valence-electron chi connectivity index (χ4n) is 4.15. The first-order valence-corrected chi connectivity index (χ1v) is 10.3. The highest BCUT2D eigenvalue weighted by atomic mass is 16.6. The van der Waals surface area contributed by atoms with Crippen molar-refractivity contribution in [2.75, 3.05) is 13.1 Å². The van der Waals surface area contributed by atoms with Gasteiger partial charge in [0.1, 0.15) is 18.7 Å². The monoisotopic (exact) mass is 422 g/mol. The van der Waals surface area contributed by atoms with Crippen molar-refractivity contribution in [1.82, 2.24) is 15.0 Å². The third-order valence-corrected chi connectivity index (χ3v) is 5.69. The Balaban J connectivity index is 1.42. The van der Waals surface area contributed by atoms with Crippen LogP contribution in [-0.2, 0) is 16.1 Å². The molecule has 31 heavy (non-hydrogen) atoms. The molecule has 3 heterocycles. The van der Waals surface area contributed by atoms with Gasteiger partial charge in [0.05, 0.1) is 6.04 Å². The molecule has 4 rings (SSSR count). The van der Waals surface area contributed by atoms with Crippen LogP contribution in [0.4, 0.5) is 4.79 Å². The predicted octanol–water partition coefficient (Wildman–Crippen LogP) is 2.52. The van der Waals surface area contributed by atoms with Crippen LogP contribution in [-0.4, -0.2) is 57.9 Å². The number of likely N-dealkylation sites (tertiary alicyclic amines) is 2. The molecule has 2 saturated heterocycles. The molecule has 1 aromatic heterocycles. The molecule has 0 radical (unpaired) electrons. The van der Waals surface area contributed by atoms with E-state index in [1.54, 1.807) is 6.07 Å². The van der Waals surface area contributed by atoms with Gasteiger partial charge in [-0.25, -0.2) is 4.79 Å². The van der Waals surface area contributed by atoms with Gasteiger partial charge in [-0.2, -0.15) is 5.26 Å². The highest BCUT2D eigenvalue weighted by Gasteiger charge is 2.43. The quantitative estimate of drug-likeness (QED) is 0.680. The van der Waals surface area contributed by atoms with E-state index in [9.17, 15) is 14.4 Å². The SMILES string of the molecule is N#Cc1cc(C(=O)[C@@H]2CCCN2C(=O)[C@@H]2CCCN2C(=O)OCc2ccccc2)no1. The Morgan fingerprint density at radius 1 is 1.10 bits per heavy atom. The lowest BCUT2D eigenvalue weighted by molar-refractivity contribution is -0.135. The van der Waals surface area contributed by atoms with Gasteiger partial charge < -0.3 is 14.2 Å². The fraction of sp³-hybridized carbons (Fsp3) is 0.409. The van der Waals surface area contributed by atoms with E-state index in [4.69, 9.17) is 14.5 Å². The molecule has 2 aliphatic heterocycles. The smallest absolute Gasteiger partial charge is 0.410 e. The van der Waals surface area contributed by atoms with Crippen molar-refractivity contribution >= 4 is 17.8 Å². The number of carbonyl (C=O) groups excluding carboxylic acids is 3. The van der Waals surface area contributed by atoms with Gasteiger partial charge >= 0.3 is 6.09 Å². The summed E-state index contributed by atoms with van der Waals surface area (Å²) in [4.78, 5) is 41.7. The van der Waals surface area contributed by atoms with Gasteiger partial charge in [-0.3, -0.25) is 14.5 Å². The second kappa shape index (κ2) is 9.00. The van der Waals surface area contributed by atoms with Gasteiger partial charge in [-0.05, 0) is 31.2 Å². The van der Waals surface area contributed by atoms with Crippen LogP contribution >= 0.6 is 0 Å². The topological polar surface area (TPSA) is 117 Å². The second-order valence-electron chi connectivity index (χ2n) is 7.63. The minimum Gasteiger partial charge on any atom is -0.445 e. The Bertz CT molecular complexity index is 1010. The number of nitrogens with zero attached hydrogens (tertiary/aromatic N) is 4. The maximum atomic E-state index is 13.3. The summed E-state index contributed by atoms with van der Waals surface area (Å²) in [6, 6.07) is 11.1. The predicted molar refractivity (Wildman–Crippen MR) is 107 cm³/mol. The van der Waals surface area contributed by atoms with Crippen molar-refractivity contribution in [3.63, 3.8) is 0 Å². The minimum absolute atomic E-state index is 0.0341. The first-order valence-electron chi connectivity index (χ1n) is 10.3. The number of hydrogen-bond donors (Lipinski definition) is 0. The van der Waals surface area contributed by atoms with Crippen LogP contribution < -0.4 is 0 Å². The third-order valence-electron chi connectivity index (χ3n) is 5.69. The summed E-state index contributed by atoms with van der Waals surface area (Å²) >= 11 is 0. The van der Waals surface area contributed by atoms with Gasteiger partial charge in [0, 0.05) is 19.2 Å². The van der Waals surface area contributed by atoms with Crippen molar-refractivity contribution in [2.24, 2.45) is 0 Å². The van der Waals surface area contributed by atoms with Crippen LogP contribution in [0.1, 0.15) is 47.5 Å². The van der Waals surface area contributed by atoms with Crippen molar-refractivity contribution in [1.29, 1.82) is 5.26 Å². The summed E-state index contributed by atoms with van der Waals surface area (Å²) in [6.45, 7) is 1.00. The van der Waals surface area contributed by atoms with E-state index >= 15 is 0 Å². The van der Waals surface area contributed by atoms with Gasteiger partial charge in [0.25, 0.3) is 0 Å². The molecule has 2 aromatic rings. The molecule has 2 aliphatic rings. The molecule has 2 fully saturated rings. The molecule has 0 saturated carbocycles. The Labute approximate surface area is 179 Å². The van der Waals surface area contributed by atoms with E-state index in [0.29, 0.717) is 38.8 Å². The molecule has 0 unspecified atom stereocenters. The number of amides is 2. The van der Waals surface area contributed by atoms with Crippen LogP contribution in [0.5, 0.6) is 0 Å². The number of Topliss-reactive ketones (excluding diaryl/α,β-unsaturated/α-hetero) is 1. The summed E-state index contributed by atoms with van der Waals surface area (Å²) in [7, 11) is 0. The van der Waals surface area contributed by atoms with Crippen LogP contribution in [0.25, 0.3) is 0 Å². The number of rotatable bonds is 5. The molecule has 0 spiro atoms. The molecule has 1 aromatic carbocycles. The van der Waals surface area contributed by atoms with Gasteiger partial charge in [0.15, 0.2) is 5.69 Å². The zero-order valence-electron chi connectivity index (χ0n) is 16.9. The van der Waals surface area contributed by atoms with Gasteiger partial charge in [-0.1, -0.05) is 35.5 Å². The molecule has 2 amide bonds. The number of benzene rings is 1. The lowest BCUT2D eigenvalue weighted by Gasteiger charge is -2.30. The molecule has 9 nitrogen and oxygen atoms in total. The Hall–Kier alpha value is -3.67. The fourth-order valence-corrected chi connectivity index (χ4v) is 4.15. The number of aromatic nitrogens is 1. The molecular weight excluding hydrogens is 400 g/mol. The minimum atomic E-state index is -0.674. The number of ketones is 1. The van der Waals surface area contributed by atoms with Crippen LogP contribution in [0.15, 0.2) is 40.9 Å². The van der Waals surface area contributed by atoms with Crippen molar-refractivity contribution in [2.45, 2.75) is 44.4 Å². The largest absolute Gasteiger partial charge is 0.445 e. The molecule has 0 bridgehead atoms. The highest BCUT2D eigenvalue weighted by molar-refractivity contribution is 6.01. The van der Waals surface area contributed by atoms with Gasteiger partial charge in [0.2, 0.25) is 17.5 Å². The van der Waals surface area contributed by atoms with Gasteiger partial charge in [-0.15, -0.1) is 0 Å². The standard InChI is InChI=1S/C22H22N4O5/c23-13-16-12-17(24-31-16)20(27)18-8-4-10-25(18)21(28)19-9-5-11-26(19)22(29)30-14-15-6-2-1-3-7-15/h1-3,6-7,12,18-19H,4-5,8-11,14H2/t18-,19-/m0/s1. The molecule has 2 atom stereocenters. The van der Waals surface area contributed by atoms with E-state index in [1.807, 2.05) is 30.3 Å². The van der Waals surface area contributed by atoms with E-state index in [-0.39, 0.29) is 29.8 Å². The molecule has 0 N–H and O–H groups in total. The Morgan fingerprint density at radius 3 is 2.52 bits per heavy atom. The van der Waals surface area contributed by atoms with Crippen molar-refractivity contribution < 1.29 is 23.6 Å². The van der Waals surface area contributed by atoms with Crippen LogP contribution in [0, 0.1) is 11.3 Å². The molecule has 160 valence electrons. The number of carbonyl (C=O) groups is 3. The second-order valence-corrected chi connectivity index (χ2v) is 7.63. The molecular formula is C22H22N4O5. The average Bonchev–Trinajstić information content (AvgIpc) is 3.57. The summed E-state index contributed by atoms with van der Waals surface area (Å²) in [5.74, 6) is -0.663. The van der Waals surface area contributed by atoms with Crippen LogP contribution in [0.3, 0.4) is 0 Å². The van der Waals surface area contributed by atoms with Crippen LogP contribution in [0.2, 0.25) is 0 Å². The number of ether oxygens (including phenoxy) is 1. The van der Waals surface area contributed by atoms with E-state index in [1.165, 1.54) is 15.9 Å². The first-order chi connectivity index (χ1) is 15.1. The maximum Gasteiger partial charge on any atom is 0.410 e. The summed E-state index contributed by atoms with van der Waals surface area (Å²) in [5, 5.41) is 12.5. The van der Waals surface area contributed by atoms with Crippen molar-refractivity contribution in [3.8, 4) is 6.07 Å². The summed E-state index contributed by atoms with van der Waals surface area (Å²) < 4.78 is 10.2. The molecule has 9 heteroatoms. The Kier molecular flexibility index (Phi) is 5.98. The lowest BCUT2D eigenvalue weighted by Crippen LogP contribution is -2.51. The summed E-state index contributed by atoms with van der Waals surface area (Å²) in [6.07, 6.45) is 1.87. The highest BCUT2D eigenvalue weighted by Crippen LogP contribution is 2.27. The number of nitriles is 1. The summed E-state index contributed by atoms with van der Waals surface area (Å²) in [5.41, 5.74) is 0.902. The molecule has 0 aliphatic carbocycles. The first kappa shape index (κ1) is 20.6. The lowest BCUT2D eigenvalue weighted by atomic mass is 10.1. The number of hydrogen-bond acceptors (Lipinski definition) is 7. The Morgan fingerprint density at radius 2 is 1.81 bits per heavy atom. The third kappa shape index (κ3) is 4.28. The van der Waals surface area contributed by atoms with Crippen molar-refractivity contribution in [3.05, 3.63) is 53.4 Å². The zero-order chi connectivity index (χ0) is 21.8. The van der Waals surface area contributed by atoms with E-state index < -0.39 is 18.2 Å². The maximum absolute atomic E-state index is 13.3. The van der Waals surface area contributed by atoms with E-state index in [2.05, 4.69) is 5.16 Å². The normalized spacial score (nSPS) is 20.5. The average molecular weight is 422 g/mol. The van der Waals surface area contributed by atoms with E-state index in [0.717, 1.165) is 5.56 Å².